The van der Waals surface area contributed by atoms with E-state index >= 15 is 0 Å². The van der Waals surface area contributed by atoms with Crippen LogP contribution in [-0.2, 0) is 4.79 Å². The van der Waals surface area contributed by atoms with E-state index < -0.39 is 6.10 Å². The maximum Gasteiger partial charge on any atom is 0.260 e. The van der Waals surface area contributed by atoms with Gasteiger partial charge < -0.3 is 10.1 Å². The Kier molecular flexibility index (Phi) is 4.70. The molecule has 1 amide bonds. The van der Waals surface area contributed by atoms with Crippen LogP contribution < -0.4 is 10.1 Å². The topological polar surface area (TPSA) is 38.3 Å². The average molecular weight is 282 g/mol. The summed E-state index contributed by atoms with van der Waals surface area (Å²) >= 11 is 5.80. The molecule has 0 aliphatic heterocycles. The summed E-state index contributed by atoms with van der Waals surface area (Å²) in [6.07, 6.45) is 2.84. The van der Waals surface area contributed by atoms with Crippen LogP contribution in [0.1, 0.15) is 33.1 Å². The molecule has 1 saturated carbocycles. The quantitative estimate of drug-likeness (QED) is 0.918. The lowest BCUT2D eigenvalue weighted by atomic mass is 10.1. The van der Waals surface area contributed by atoms with Crippen LogP contribution in [0.4, 0.5) is 0 Å². The molecule has 1 aromatic rings. The molecule has 0 heterocycles. The molecule has 104 valence electrons. The number of hydrogen-bond acceptors (Lipinski definition) is 2. The van der Waals surface area contributed by atoms with Crippen molar-refractivity contribution in [3.8, 4) is 5.75 Å². The highest BCUT2D eigenvalue weighted by Crippen LogP contribution is 2.24. The lowest BCUT2D eigenvalue weighted by Crippen LogP contribution is -2.41. The van der Waals surface area contributed by atoms with Gasteiger partial charge in [0.05, 0.1) is 0 Å². The minimum atomic E-state index is -0.489. The molecule has 0 bridgehead atoms. The van der Waals surface area contributed by atoms with Gasteiger partial charge in [-0.05, 0) is 56.4 Å². The Morgan fingerprint density at radius 1 is 1.37 bits per heavy atom. The minimum absolute atomic E-state index is 0.0472. The van der Waals surface area contributed by atoms with Gasteiger partial charge in [0.2, 0.25) is 0 Å². The van der Waals surface area contributed by atoms with Crippen LogP contribution >= 0.6 is 11.6 Å². The van der Waals surface area contributed by atoms with Crippen molar-refractivity contribution in [3.05, 3.63) is 29.3 Å². The first kappa shape index (κ1) is 14.2. The first-order valence-electron chi connectivity index (χ1n) is 6.77. The van der Waals surface area contributed by atoms with Gasteiger partial charge in [-0.25, -0.2) is 0 Å². The normalized spacial score (nSPS) is 23.9. The van der Waals surface area contributed by atoms with Crippen LogP contribution in [0.2, 0.25) is 5.02 Å². The van der Waals surface area contributed by atoms with Gasteiger partial charge in [-0.2, -0.15) is 0 Å². The van der Waals surface area contributed by atoms with Crippen molar-refractivity contribution in [1.29, 1.82) is 0 Å². The van der Waals surface area contributed by atoms with Crippen LogP contribution in [0.25, 0.3) is 0 Å². The molecule has 2 rings (SSSR count). The molecule has 0 aromatic heterocycles. The number of benzene rings is 1. The summed E-state index contributed by atoms with van der Waals surface area (Å²) in [6, 6.07) is 7.34. The van der Waals surface area contributed by atoms with Crippen molar-refractivity contribution in [2.24, 2.45) is 5.92 Å². The summed E-state index contributed by atoms with van der Waals surface area (Å²) in [6.45, 7) is 3.99. The molecular weight excluding hydrogens is 262 g/mol. The summed E-state index contributed by atoms with van der Waals surface area (Å²) in [7, 11) is 0. The molecule has 0 spiro atoms. The van der Waals surface area contributed by atoms with E-state index in [1.807, 2.05) is 0 Å². The second-order valence-corrected chi connectivity index (χ2v) is 5.77. The number of carbonyl (C=O) groups excluding carboxylic acids is 1. The molecule has 0 radical (unpaired) electrons. The summed E-state index contributed by atoms with van der Waals surface area (Å²) in [5.41, 5.74) is 0. The fraction of sp³-hybridized carbons (Fsp3) is 0.533. The number of carbonyl (C=O) groups is 1. The third-order valence-corrected chi connectivity index (χ3v) is 3.79. The Morgan fingerprint density at radius 3 is 2.63 bits per heavy atom. The SMILES string of the molecule is CC1CCC(NC(=O)C(C)Oc2ccc(Cl)cc2)C1. The monoisotopic (exact) mass is 281 g/mol. The number of hydrogen-bond donors (Lipinski definition) is 1. The van der Waals surface area contributed by atoms with Gasteiger partial charge in [-0.15, -0.1) is 0 Å². The summed E-state index contributed by atoms with van der Waals surface area (Å²) in [5.74, 6) is 1.32. The van der Waals surface area contributed by atoms with E-state index in [0.29, 0.717) is 22.7 Å². The van der Waals surface area contributed by atoms with Crippen LogP contribution in [0, 0.1) is 5.92 Å². The third-order valence-electron chi connectivity index (χ3n) is 3.54. The van der Waals surface area contributed by atoms with E-state index in [0.717, 1.165) is 12.8 Å². The predicted octanol–water partition coefficient (Wildman–Crippen LogP) is 3.41. The lowest BCUT2D eigenvalue weighted by Gasteiger charge is -2.18. The molecule has 19 heavy (non-hydrogen) atoms. The molecule has 4 heteroatoms. The molecule has 0 saturated heterocycles. The molecule has 3 atom stereocenters. The van der Waals surface area contributed by atoms with E-state index in [4.69, 9.17) is 16.3 Å². The molecule has 3 unspecified atom stereocenters. The van der Waals surface area contributed by atoms with E-state index in [1.54, 1.807) is 31.2 Å². The molecule has 1 N–H and O–H groups in total. The second-order valence-electron chi connectivity index (χ2n) is 5.34. The largest absolute Gasteiger partial charge is 0.481 e. The number of rotatable bonds is 4. The number of amides is 1. The van der Waals surface area contributed by atoms with Gasteiger partial charge in [0, 0.05) is 11.1 Å². The summed E-state index contributed by atoms with van der Waals surface area (Å²) in [5, 5.41) is 3.71. The van der Waals surface area contributed by atoms with E-state index in [-0.39, 0.29) is 5.91 Å². The highest BCUT2D eigenvalue weighted by Gasteiger charge is 2.25. The highest BCUT2D eigenvalue weighted by atomic mass is 35.5. The van der Waals surface area contributed by atoms with Gasteiger partial charge in [0.25, 0.3) is 5.91 Å². The predicted molar refractivity (Wildman–Crippen MR) is 76.5 cm³/mol. The molecular formula is C15H20ClNO2. The average Bonchev–Trinajstić information content (AvgIpc) is 2.77. The van der Waals surface area contributed by atoms with Crippen molar-refractivity contribution in [3.63, 3.8) is 0 Å². The Bertz CT molecular complexity index is 432. The number of nitrogens with one attached hydrogen (secondary N) is 1. The Hall–Kier alpha value is -1.22. The van der Waals surface area contributed by atoms with Crippen molar-refractivity contribution >= 4 is 17.5 Å². The van der Waals surface area contributed by atoms with Gasteiger partial charge in [0.1, 0.15) is 5.75 Å². The Balaban J connectivity index is 1.83. The zero-order valence-corrected chi connectivity index (χ0v) is 12.1. The van der Waals surface area contributed by atoms with Gasteiger partial charge in [-0.3, -0.25) is 4.79 Å². The third kappa shape index (κ3) is 4.13. The van der Waals surface area contributed by atoms with Crippen LogP contribution in [0.5, 0.6) is 5.75 Å². The standard InChI is InChI=1S/C15H20ClNO2/c1-10-3-6-13(9-10)17-15(18)11(2)19-14-7-4-12(16)5-8-14/h4-5,7-8,10-11,13H,3,6,9H2,1-2H3,(H,17,18). The summed E-state index contributed by atoms with van der Waals surface area (Å²) < 4.78 is 5.60. The van der Waals surface area contributed by atoms with E-state index in [2.05, 4.69) is 12.2 Å². The minimum Gasteiger partial charge on any atom is -0.481 e. The van der Waals surface area contributed by atoms with Crippen LogP contribution in [0.15, 0.2) is 24.3 Å². The lowest BCUT2D eigenvalue weighted by molar-refractivity contribution is -0.127. The number of halogens is 1. The first-order valence-corrected chi connectivity index (χ1v) is 7.15. The van der Waals surface area contributed by atoms with Crippen molar-refractivity contribution in [1.82, 2.24) is 5.32 Å². The zero-order valence-electron chi connectivity index (χ0n) is 11.4. The zero-order chi connectivity index (χ0) is 13.8. The molecule has 1 aliphatic rings. The van der Waals surface area contributed by atoms with Crippen LogP contribution in [-0.4, -0.2) is 18.1 Å². The van der Waals surface area contributed by atoms with Gasteiger partial charge in [0.15, 0.2) is 6.10 Å². The highest BCUT2D eigenvalue weighted by molar-refractivity contribution is 6.30. The van der Waals surface area contributed by atoms with Crippen LogP contribution in [0.3, 0.4) is 0 Å². The second kappa shape index (κ2) is 6.29. The molecule has 3 nitrogen and oxygen atoms in total. The Morgan fingerprint density at radius 2 is 2.05 bits per heavy atom. The van der Waals surface area contributed by atoms with Crippen molar-refractivity contribution < 1.29 is 9.53 Å². The van der Waals surface area contributed by atoms with E-state index in [9.17, 15) is 4.79 Å². The first-order chi connectivity index (χ1) is 9.04. The molecule has 1 fully saturated rings. The maximum atomic E-state index is 12.0. The molecule has 1 aromatic carbocycles. The number of ether oxygens (including phenoxy) is 1. The maximum absolute atomic E-state index is 12.0. The van der Waals surface area contributed by atoms with Crippen molar-refractivity contribution in [2.45, 2.75) is 45.3 Å². The fourth-order valence-electron chi connectivity index (χ4n) is 2.43. The van der Waals surface area contributed by atoms with E-state index in [1.165, 1.54) is 6.42 Å². The van der Waals surface area contributed by atoms with Crippen molar-refractivity contribution in [2.75, 3.05) is 0 Å². The van der Waals surface area contributed by atoms with Gasteiger partial charge >= 0.3 is 0 Å². The summed E-state index contributed by atoms with van der Waals surface area (Å²) in [4.78, 5) is 12.0. The molecule has 1 aliphatic carbocycles. The van der Waals surface area contributed by atoms with Gasteiger partial charge in [-0.1, -0.05) is 18.5 Å². The smallest absolute Gasteiger partial charge is 0.260 e. The Labute approximate surface area is 119 Å². The fourth-order valence-corrected chi connectivity index (χ4v) is 2.55.